The number of hydrogen-bond acceptors (Lipinski definition) is 3. The number of aromatic nitrogens is 2. The van der Waals surface area contributed by atoms with Gasteiger partial charge in [0.25, 0.3) is 0 Å². The standard InChI is InChI=1S/C12H19N3/c1-4-6-11(13-7-5-2)12-9-14-10(3)8-15-12/h4,8-9,11,13H,1,5-7H2,2-3H3. The summed E-state index contributed by atoms with van der Waals surface area (Å²) in [6.45, 7) is 8.85. The van der Waals surface area contributed by atoms with Crippen molar-refractivity contribution < 1.29 is 0 Å². The third-order valence-electron chi connectivity index (χ3n) is 2.20. The molecule has 0 saturated heterocycles. The van der Waals surface area contributed by atoms with Crippen LogP contribution in [0.25, 0.3) is 0 Å². The summed E-state index contributed by atoms with van der Waals surface area (Å²) in [6, 6.07) is 0.246. The summed E-state index contributed by atoms with van der Waals surface area (Å²) in [4.78, 5) is 8.63. The number of nitrogens with one attached hydrogen (secondary N) is 1. The van der Waals surface area contributed by atoms with Gasteiger partial charge < -0.3 is 5.32 Å². The van der Waals surface area contributed by atoms with E-state index in [-0.39, 0.29) is 6.04 Å². The van der Waals surface area contributed by atoms with Crippen LogP contribution in [-0.4, -0.2) is 16.5 Å². The van der Waals surface area contributed by atoms with E-state index in [1.54, 1.807) is 6.20 Å². The molecule has 1 N–H and O–H groups in total. The monoisotopic (exact) mass is 205 g/mol. The molecule has 1 rings (SSSR count). The first kappa shape index (κ1) is 11.9. The largest absolute Gasteiger partial charge is 0.308 e. The Kier molecular flexibility index (Phi) is 4.98. The van der Waals surface area contributed by atoms with Crippen LogP contribution in [0.1, 0.15) is 37.2 Å². The molecule has 0 amide bonds. The van der Waals surface area contributed by atoms with Crippen molar-refractivity contribution in [3.8, 4) is 0 Å². The predicted octanol–water partition coefficient (Wildman–Crippen LogP) is 2.40. The van der Waals surface area contributed by atoms with E-state index in [0.29, 0.717) is 0 Å². The molecule has 0 spiro atoms. The number of rotatable bonds is 6. The molecule has 0 aliphatic heterocycles. The van der Waals surface area contributed by atoms with Crippen LogP contribution in [0.4, 0.5) is 0 Å². The van der Waals surface area contributed by atoms with Crippen molar-refractivity contribution in [2.45, 2.75) is 32.7 Å². The summed E-state index contributed by atoms with van der Waals surface area (Å²) in [6.07, 6.45) is 7.56. The Morgan fingerprint density at radius 3 is 2.80 bits per heavy atom. The highest BCUT2D eigenvalue weighted by Crippen LogP contribution is 2.13. The molecule has 1 aromatic heterocycles. The second-order valence-electron chi connectivity index (χ2n) is 3.61. The van der Waals surface area contributed by atoms with Gasteiger partial charge >= 0.3 is 0 Å². The Bertz CT molecular complexity index is 292. The van der Waals surface area contributed by atoms with Gasteiger partial charge in [0.2, 0.25) is 0 Å². The van der Waals surface area contributed by atoms with Gasteiger partial charge in [-0.2, -0.15) is 0 Å². The first-order valence-corrected chi connectivity index (χ1v) is 5.40. The van der Waals surface area contributed by atoms with Crippen molar-refractivity contribution in [1.29, 1.82) is 0 Å². The molecular weight excluding hydrogens is 186 g/mol. The molecule has 82 valence electrons. The molecule has 0 aliphatic carbocycles. The highest BCUT2D eigenvalue weighted by atomic mass is 14.9. The minimum atomic E-state index is 0.246. The number of nitrogens with zero attached hydrogens (tertiary/aromatic N) is 2. The number of hydrogen-bond donors (Lipinski definition) is 1. The molecule has 15 heavy (non-hydrogen) atoms. The normalized spacial score (nSPS) is 12.4. The molecular formula is C12H19N3. The van der Waals surface area contributed by atoms with Crippen LogP contribution in [-0.2, 0) is 0 Å². The van der Waals surface area contributed by atoms with Gasteiger partial charge in [0, 0.05) is 6.20 Å². The second-order valence-corrected chi connectivity index (χ2v) is 3.61. The van der Waals surface area contributed by atoms with Gasteiger partial charge in [-0.15, -0.1) is 6.58 Å². The summed E-state index contributed by atoms with van der Waals surface area (Å²) >= 11 is 0. The summed E-state index contributed by atoms with van der Waals surface area (Å²) in [5.41, 5.74) is 1.94. The van der Waals surface area contributed by atoms with Gasteiger partial charge in [0.05, 0.1) is 23.6 Å². The van der Waals surface area contributed by atoms with Crippen molar-refractivity contribution in [3.05, 3.63) is 36.4 Å². The Morgan fingerprint density at radius 1 is 1.47 bits per heavy atom. The molecule has 1 unspecified atom stereocenters. The third kappa shape index (κ3) is 3.80. The van der Waals surface area contributed by atoms with E-state index < -0.39 is 0 Å². The second kappa shape index (κ2) is 6.30. The maximum Gasteiger partial charge on any atom is 0.0759 e. The van der Waals surface area contributed by atoms with E-state index in [1.165, 1.54) is 0 Å². The lowest BCUT2D eigenvalue weighted by atomic mass is 10.1. The molecule has 1 aromatic rings. The zero-order valence-corrected chi connectivity index (χ0v) is 9.53. The average Bonchev–Trinajstić information content (AvgIpc) is 2.25. The van der Waals surface area contributed by atoms with Crippen LogP contribution in [0.3, 0.4) is 0 Å². The van der Waals surface area contributed by atoms with Crippen LogP contribution in [0.2, 0.25) is 0 Å². The summed E-state index contributed by atoms with van der Waals surface area (Å²) < 4.78 is 0. The quantitative estimate of drug-likeness (QED) is 0.725. The van der Waals surface area contributed by atoms with Crippen molar-refractivity contribution in [3.63, 3.8) is 0 Å². The Balaban J connectivity index is 2.69. The van der Waals surface area contributed by atoms with Crippen molar-refractivity contribution in [2.75, 3.05) is 6.54 Å². The molecule has 0 saturated carbocycles. The molecule has 0 aromatic carbocycles. The van der Waals surface area contributed by atoms with E-state index in [9.17, 15) is 0 Å². The fourth-order valence-electron chi connectivity index (χ4n) is 1.38. The first-order valence-electron chi connectivity index (χ1n) is 5.40. The van der Waals surface area contributed by atoms with Crippen LogP contribution >= 0.6 is 0 Å². The highest BCUT2D eigenvalue weighted by molar-refractivity contribution is 5.07. The van der Waals surface area contributed by atoms with Crippen molar-refractivity contribution >= 4 is 0 Å². The first-order chi connectivity index (χ1) is 7.27. The molecule has 1 heterocycles. The van der Waals surface area contributed by atoms with Crippen LogP contribution in [0.5, 0.6) is 0 Å². The van der Waals surface area contributed by atoms with E-state index in [2.05, 4.69) is 28.8 Å². The Hall–Kier alpha value is -1.22. The maximum atomic E-state index is 4.38. The average molecular weight is 205 g/mol. The van der Waals surface area contributed by atoms with Gasteiger partial charge in [0.15, 0.2) is 0 Å². The van der Waals surface area contributed by atoms with Crippen molar-refractivity contribution in [1.82, 2.24) is 15.3 Å². The van der Waals surface area contributed by atoms with Gasteiger partial charge in [-0.25, -0.2) is 0 Å². The zero-order chi connectivity index (χ0) is 11.1. The molecule has 0 bridgehead atoms. The van der Waals surface area contributed by atoms with Crippen LogP contribution in [0.15, 0.2) is 25.0 Å². The Labute approximate surface area is 91.7 Å². The van der Waals surface area contributed by atoms with Crippen LogP contribution < -0.4 is 5.32 Å². The Morgan fingerprint density at radius 2 is 2.27 bits per heavy atom. The summed E-state index contributed by atoms with van der Waals surface area (Å²) in [5.74, 6) is 0. The minimum absolute atomic E-state index is 0.246. The third-order valence-corrected chi connectivity index (χ3v) is 2.20. The van der Waals surface area contributed by atoms with E-state index in [4.69, 9.17) is 0 Å². The fraction of sp³-hybridized carbons (Fsp3) is 0.500. The molecule has 0 fully saturated rings. The smallest absolute Gasteiger partial charge is 0.0759 e. The van der Waals surface area contributed by atoms with E-state index in [1.807, 2.05) is 19.2 Å². The van der Waals surface area contributed by atoms with Gasteiger partial charge in [-0.05, 0) is 26.3 Å². The van der Waals surface area contributed by atoms with E-state index >= 15 is 0 Å². The SMILES string of the molecule is C=CCC(NCCC)c1cnc(C)cn1. The summed E-state index contributed by atoms with van der Waals surface area (Å²) in [7, 11) is 0. The fourth-order valence-corrected chi connectivity index (χ4v) is 1.38. The topological polar surface area (TPSA) is 37.8 Å². The lowest BCUT2D eigenvalue weighted by Crippen LogP contribution is -2.22. The predicted molar refractivity (Wildman–Crippen MR) is 62.6 cm³/mol. The highest BCUT2D eigenvalue weighted by Gasteiger charge is 2.09. The minimum Gasteiger partial charge on any atom is -0.308 e. The van der Waals surface area contributed by atoms with E-state index in [0.717, 1.165) is 30.8 Å². The van der Waals surface area contributed by atoms with Gasteiger partial charge in [0.1, 0.15) is 0 Å². The van der Waals surface area contributed by atoms with Crippen LogP contribution in [0, 0.1) is 6.92 Å². The summed E-state index contributed by atoms with van der Waals surface area (Å²) in [5, 5.41) is 3.43. The molecule has 1 atom stereocenters. The lowest BCUT2D eigenvalue weighted by molar-refractivity contribution is 0.523. The molecule has 0 aliphatic rings. The maximum absolute atomic E-state index is 4.38. The zero-order valence-electron chi connectivity index (χ0n) is 9.53. The number of aryl methyl sites for hydroxylation is 1. The lowest BCUT2D eigenvalue weighted by Gasteiger charge is -2.15. The van der Waals surface area contributed by atoms with Gasteiger partial charge in [-0.3, -0.25) is 9.97 Å². The van der Waals surface area contributed by atoms with Gasteiger partial charge in [-0.1, -0.05) is 13.0 Å². The molecule has 3 heteroatoms. The molecule has 3 nitrogen and oxygen atoms in total. The van der Waals surface area contributed by atoms with Crippen molar-refractivity contribution in [2.24, 2.45) is 0 Å². The molecule has 0 radical (unpaired) electrons.